The summed E-state index contributed by atoms with van der Waals surface area (Å²) in [4.78, 5) is 27.0. The Kier molecular flexibility index (Phi) is 4.44. The Morgan fingerprint density at radius 2 is 2.44 bits per heavy atom. The van der Waals surface area contributed by atoms with Crippen LogP contribution in [0.3, 0.4) is 0 Å². The fourth-order valence-electron chi connectivity index (χ4n) is 1.59. The number of hydrogen-bond donors (Lipinski definition) is 2. The molecule has 98 valence electrons. The number of hydrogen-bond acceptors (Lipinski definition) is 5. The lowest BCUT2D eigenvalue weighted by Crippen LogP contribution is -2.32. The molecule has 1 saturated heterocycles. The van der Waals surface area contributed by atoms with Crippen molar-refractivity contribution in [1.82, 2.24) is 9.55 Å². The molecule has 1 aliphatic rings. The second kappa shape index (κ2) is 5.87. The van der Waals surface area contributed by atoms with Gasteiger partial charge in [-0.2, -0.15) is 0 Å². The molecule has 1 aliphatic heterocycles. The first-order valence-corrected chi connectivity index (χ1v) is 7.01. The Bertz CT molecular complexity index is 568. The largest absolute Gasteiger partial charge is 0.393 e. The van der Waals surface area contributed by atoms with Gasteiger partial charge in [0.05, 0.1) is 18.8 Å². The third kappa shape index (κ3) is 2.77. The van der Waals surface area contributed by atoms with Crippen LogP contribution in [0.5, 0.6) is 0 Å². The van der Waals surface area contributed by atoms with Gasteiger partial charge in [0.1, 0.15) is 10.8 Å². The van der Waals surface area contributed by atoms with Crippen LogP contribution in [-0.4, -0.2) is 33.3 Å². The number of nitrogens with zero attached hydrogens (tertiary/aromatic N) is 1. The van der Waals surface area contributed by atoms with Crippen molar-refractivity contribution in [3.05, 3.63) is 37.6 Å². The molecule has 1 aromatic rings. The SMILES string of the molecule is O=c1[nH]c(=O)n([C@@H]2CO[C@H](CO)S2)cc1/C=C/Br. The topological polar surface area (TPSA) is 84.3 Å². The highest BCUT2D eigenvalue weighted by Gasteiger charge is 2.27. The van der Waals surface area contributed by atoms with Gasteiger partial charge in [-0.3, -0.25) is 14.3 Å². The van der Waals surface area contributed by atoms with E-state index in [2.05, 4.69) is 20.9 Å². The number of ether oxygens (including phenoxy) is 1. The van der Waals surface area contributed by atoms with Gasteiger partial charge in [-0.15, -0.1) is 11.8 Å². The van der Waals surface area contributed by atoms with E-state index >= 15 is 0 Å². The van der Waals surface area contributed by atoms with Crippen LogP contribution in [0.2, 0.25) is 0 Å². The molecule has 1 fully saturated rings. The smallest absolute Gasteiger partial charge is 0.329 e. The van der Waals surface area contributed by atoms with E-state index in [0.29, 0.717) is 12.2 Å². The summed E-state index contributed by atoms with van der Waals surface area (Å²) in [6, 6.07) is 0. The van der Waals surface area contributed by atoms with Crippen LogP contribution in [0.15, 0.2) is 20.8 Å². The van der Waals surface area contributed by atoms with Crippen LogP contribution in [0, 0.1) is 0 Å². The standard InChI is InChI=1S/C10H11BrN2O4S/c11-2-1-6-3-13(10(16)12-9(6)15)7-5-17-8(4-14)18-7/h1-3,7-8,14H,4-5H2,(H,12,15,16)/b2-1+/t7-,8-/m0/s1. The van der Waals surface area contributed by atoms with Crippen molar-refractivity contribution in [2.45, 2.75) is 10.8 Å². The molecule has 0 radical (unpaired) electrons. The molecule has 0 amide bonds. The van der Waals surface area contributed by atoms with Crippen molar-refractivity contribution in [2.75, 3.05) is 13.2 Å². The van der Waals surface area contributed by atoms with Crippen LogP contribution in [-0.2, 0) is 4.74 Å². The van der Waals surface area contributed by atoms with E-state index in [1.165, 1.54) is 22.5 Å². The summed E-state index contributed by atoms with van der Waals surface area (Å²) in [6.07, 6.45) is 3.04. The molecule has 0 aliphatic carbocycles. The van der Waals surface area contributed by atoms with Gasteiger partial charge in [0.25, 0.3) is 5.56 Å². The minimum atomic E-state index is -0.480. The van der Waals surface area contributed by atoms with Gasteiger partial charge in [-0.05, 0) is 11.1 Å². The van der Waals surface area contributed by atoms with Crippen LogP contribution in [0.4, 0.5) is 0 Å². The third-order valence-corrected chi connectivity index (χ3v) is 3.96. The van der Waals surface area contributed by atoms with E-state index in [4.69, 9.17) is 9.84 Å². The molecule has 0 spiro atoms. The van der Waals surface area contributed by atoms with Crippen LogP contribution in [0.1, 0.15) is 10.9 Å². The Balaban J connectivity index is 2.36. The van der Waals surface area contributed by atoms with Gasteiger partial charge in [0.15, 0.2) is 0 Å². The summed E-state index contributed by atoms with van der Waals surface area (Å²) in [5.41, 5.74) is -0.871. The van der Waals surface area contributed by atoms with E-state index in [1.807, 2.05) is 0 Å². The number of nitrogens with one attached hydrogen (secondary N) is 1. The van der Waals surface area contributed by atoms with Crippen molar-refractivity contribution < 1.29 is 9.84 Å². The summed E-state index contributed by atoms with van der Waals surface area (Å²) < 4.78 is 6.69. The summed E-state index contributed by atoms with van der Waals surface area (Å²) in [6.45, 7) is 0.215. The molecule has 2 atom stereocenters. The van der Waals surface area contributed by atoms with Gasteiger partial charge in [0, 0.05) is 6.20 Å². The number of halogens is 1. The maximum absolute atomic E-state index is 11.7. The lowest BCUT2D eigenvalue weighted by molar-refractivity contribution is 0.0803. The predicted molar refractivity (Wildman–Crippen MR) is 72.7 cm³/mol. The van der Waals surface area contributed by atoms with Gasteiger partial charge >= 0.3 is 5.69 Å². The quantitative estimate of drug-likeness (QED) is 0.840. The van der Waals surface area contributed by atoms with Gasteiger partial charge in [-0.1, -0.05) is 15.9 Å². The van der Waals surface area contributed by atoms with E-state index in [-0.39, 0.29) is 17.4 Å². The first-order valence-electron chi connectivity index (χ1n) is 5.16. The van der Waals surface area contributed by atoms with E-state index in [0.717, 1.165) is 0 Å². The fourth-order valence-corrected chi connectivity index (χ4v) is 2.91. The molecule has 0 saturated carbocycles. The zero-order chi connectivity index (χ0) is 13.1. The monoisotopic (exact) mass is 334 g/mol. The summed E-state index contributed by atoms with van der Waals surface area (Å²) in [5, 5.41) is 8.73. The molecular weight excluding hydrogens is 324 g/mol. The Morgan fingerprint density at radius 3 is 3.06 bits per heavy atom. The number of aromatic amines is 1. The molecule has 6 nitrogen and oxygen atoms in total. The zero-order valence-corrected chi connectivity index (χ0v) is 11.6. The second-order valence-corrected chi connectivity index (χ2v) is 5.45. The van der Waals surface area contributed by atoms with Crippen molar-refractivity contribution in [1.29, 1.82) is 0 Å². The van der Waals surface area contributed by atoms with Crippen LogP contribution in [0.25, 0.3) is 6.08 Å². The molecule has 2 N–H and O–H groups in total. The fraction of sp³-hybridized carbons (Fsp3) is 0.400. The molecular formula is C10H11BrN2O4S. The Labute approximate surface area is 115 Å². The molecule has 2 heterocycles. The first kappa shape index (κ1) is 13.6. The Morgan fingerprint density at radius 1 is 1.67 bits per heavy atom. The van der Waals surface area contributed by atoms with Crippen LogP contribution >= 0.6 is 27.7 Å². The van der Waals surface area contributed by atoms with Crippen molar-refractivity contribution in [3.63, 3.8) is 0 Å². The lowest BCUT2D eigenvalue weighted by atomic mass is 10.3. The predicted octanol–water partition coefficient (Wildman–Crippen LogP) is 0.483. The summed E-state index contributed by atoms with van der Waals surface area (Å²) in [5.74, 6) is 0. The van der Waals surface area contributed by atoms with Crippen molar-refractivity contribution in [2.24, 2.45) is 0 Å². The molecule has 8 heteroatoms. The average molecular weight is 335 g/mol. The average Bonchev–Trinajstić information content (AvgIpc) is 2.81. The number of aromatic nitrogens is 2. The number of H-pyrrole nitrogens is 1. The number of thioether (sulfide) groups is 1. The number of aliphatic hydroxyl groups is 1. The summed E-state index contributed by atoms with van der Waals surface area (Å²) in [7, 11) is 0. The number of rotatable bonds is 3. The highest BCUT2D eigenvalue weighted by molar-refractivity contribution is 9.11. The molecule has 18 heavy (non-hydrogen) atoms. The third-order valence-electron chi connectivity index (χ3n) is 2.43. The van der Waals surface area contributed by atoms with Crippen molar-refractivity contribution in [3.8, 4) is 0 Å². The van der Waals surface area contributed by atoms with Gasteiger partial charge in [0.2, 0.25) is 0 Å². The minimum Gasteiger partial charge on any atom is -0.393 e. The van der Waals surface area contributed by atoms with E-state index in [1.54, 1.807) is 11.1 Å². The van der Waals surface area contributed by atoms with E-state index in [9.17, 15) is 9.59 Å². The highest BCUT2D eigenvalue weighted by Crippen LogP contribution is 2.34. The van der Waals surface area contributed by atoms with Gasteiger partial charge < -0.3 is 9.84 Å². The molecule has 2 rings (SSSR count). The lowest BCUT2D eigenvalue weighted by Gasteiger charge is -2.11. The van der Waals surface area contributed by atoms with Crippen molar-refractivity contribution >= 4 is 33.8 Å². The van der Waals surface area contributed by atoms with Gasteiger partial charge in [-0.25, -0.2) is 4.79 Å². The molecule has 0 bridgehead atoms. The normalized spacial score (nSPS) is 23.9. The molecule has 0 unspecified atom stereocenters. The Hall–Kier alpha value is -0.830. The maximum Gasteiger partial charge on any atom is 0.329 e. The highest BCUT2D eigenvalue weighted by atomic mass is 79.9. The molecule has 1 aromatic heterocycles. The minimum absolute atomic E-state index is 0.104. The van der Waals surface area contributed by atoms with E-state index < -0.39 is 11.2 Å². The van der Waals surface area contributed by atoms with Crippen LogP contribution < -0.4 is 11.2 Å². The first-order chi connectivity index (χ1) is 8.65. The number of aliphatic hydroxyl groups excluding tert-OH is 1. The zero-order valence-electron chi connectivity index (χ0n) is 9.21. The second-order valence-electron chi connectivity index (χ2n) is 3.58. The molecule has 0 aromatic carbocycles. The summed E-state index contributed by atoms with van der Waals surface area (Å²) >= 11 is 4.43. The maximum atomic E-state index is 11.7.